The first-order valence-corrected chi connectivity index (χ1v) is 9.35. The molecule has 0 radical (unpaired) electrons. The van der Waals surface area contributed by atoms with Crippen molar-refractivity contribution in [2.45, 2.75) is 20.8 Å². The van der Waals surface area contributed by atoms with Crippen LogP contribution in [0.1, 0.15) is 27.0 Å². The van der Waals surface area contributed by atoms with E-state index in [2.05, 4.69) is 5.32 Å². The number of phenolic OH excluding ortho intramolecular Hbond substituents is 1. The fourth-order valence-electron chi connectivity index (χ4n) is 2.82. The number of phenols is 1. The lowest BCUT2D eigenvalue weighted by Gasteiger charge is -2.14. The van der Waals surface area contributed by atoms with Crippen molar-refractivity contribution < 1.29 is 14.6 Å². The molecule has 3 aromatic carbocycles. The molecule has 2 N–H and O–H groups in total. The van der Waals surface area contributed by atoms with Gasteiger partial charge in [0.25, 0.3) is 5.91 Å². The maximum Gasteiger partial charge on any atom is 0.259 e. The zero-order chi connectivity index (χ0) is 20.4. The maximum atomic E-state index is 12.7. The first-order valence-electron chi connectivity index (χ1n) is 8.59. The van der Waals surface area contributed by atoms with Crippen LogP contribution in [0.3, 0.4) is 0 Å². The number of rotatable bonds is 4. The molecule has 3 rings (SSSR count). The predicted molar refractivity (Wildman–Crippen MR) is 113 cm³/mol. The SMILES string of the molecule is Cc1cc(C)c(O)c(C(=O)Nc2cc(Cl)c(Oc3ccc(Cl)cc3)cc2C)c1. The number of benzene rings is 3. The Hall–Kier alpha value is -2.69. The van der Waals surface area contributed by atoms with Gasteiger partial charge in [-0.1, -0.05) is 29.3 Å². The van der Waals surface area contributed by atoms with Gasteiger partial charge in [-0.05, 0) is 79.9 Å². The summed E-state index contributed by atoms with van der Waals surface area (Å²) in [6.07, 6.45) is 0. The number of nitrogens with one attached hydrogen (secondary N) is 1. The van der Waals surface area contributed by atoms with E-state index < -0.39 is 5.91 Å². The van der Waals surface area contributed by atoms with Gasteiger partial charge in [-0.2, -0.15) is 0 Å². The van der Waals surface area contributed by atoms with Gasteiger partial charge in [-0.3, -0.25) is 4.79 Å². The number of ether oxygens (including phenoxy) is 1. The van der Waals surface area contributed by atoms with E-state index in [1.807, 2.05) is 19.9 Å². The summed E-state index contributed by atoms with van der Waals surface area (Å²) in [5, 5.41) is 14.0. The molecule has 3 aromatic rings. The molecule has 0 atom stereocenters. The second-order valence-electron chi connectivity index (χ2n) is 6.59. The Kier molecular flexibility index (Phi) is 5.82. The van der Waals surface area contributed by atoms with Crippen molar-refractivity contribution in [3.8, 4) is 17.2 Å². The van der Waals surface area contributed by atoms with Crippen LogP contribution < -0.4 is 10.1 Å². The smallest absolute Gasteiger partial charge is 0.259 e. The van der Waals surface area contributed by atoms with Crippen LogP contribution in [0.5, 0.6) is 17.2 Å². The fraction of sp³-hybridized carbons (Fsp3) is 0.136. The van der Waals surface area contributed by atoms with Gasteiger partial charge in [0.15, 0.2) is 0 Å². The van der Waals surface area contributed by atoms with Crippen molar-refractivity contribution in [3.05, 3.63) is 80.8 Å². The van der Waals surface area contributed by atoms with Gasteiger partial charge in [0, 0.05) is 10.7 Å². The normalized spacial score (nSPS) is 10.6. The summed E-state index contributed by atoms with van der Waals surface area (Å²) >= 11 is 12.2. The molecule has 4 nitrogen and oxygen atoms in total. The molecule has 6 heteroatoms. The van der Waals surface area contributed by atoms with Crippen LogP contribution in [0, 0.1) is 20.8 Å². The molecule has 0 aliphatic carbocycles. The third kappa shape index (κ3) is 4.41. The summed E-state index contributed by atoms with van der Waals surface area (Å²) in [6, 6.07) is 13.8. The summed E-state index contributed by atoms with van der Waals surface area (Å²) in [4.78, 5) is 12.7. The van der Waals surface area contributed by atoms with Crippen molar-refractivity contribution in [3.63, 3.8) is 0 Å². The highest BCUT2D eigenvalue weighted by molar-refractivity contribution is 6.32. The molecule has 0 aliphatic rings. The number of carbonyl (C=O) groups excluding carboxylic acids is 1. The van der Waals surface area contributed by atoms with E-state index >= 15 is 0 Å². The second kappa shape index (κ2) is 8.13. The van der Waals surface area contributed by atoms with Crippen LogP contribution >= 0.6 is 23.2 Å². The van der Waals surface area contributed by atoms with Crippen molar-refractivity contribution in [1.82, 2.24) is 0 Å². The van der Waals surface area contributed by atoms with Gasteiger partial charge in [0.05, 0.1) is 10.6 Å². The average molecular weight is 416 g/mol. The van der Waals surface area contributed by atoms with Gasteiger partial charge in [-0.15, -0.1) is 0 Å². The van der Waals surface area contributed by atoms with E-state index in [9.17, 15) is 9.90 Å². The number of halogens is 2. The van der Waals surface area contributed by atoms with E-state index in [4.69, 9.17) is 27.9 Å². The minimum absolute atomic E-state index is 0.0328. The number of aromatic hydroxyl groups is 1. The summed E-state index contributed by atoms with van der Waals surface area (Å²) in [5.74, 6) is 0.626. The van der Waals surface area contributed by atoms with Gasteiger partial charge in [0.2, 0.25) is 0 Å². The zero-order valence-corrected chi connectivity index (χ0v) is 17.2. The van der Waals surface area contributed by atoms with E-state index in [1.54, 1.807) is 49.4 Å². The minimum Gasteiger partial charge on any atom is -0.507 e. The molecular formula is C22H19Cl2NO3. The molecule has 0 unspecified atom stereocenters. The van der Waals surface area contributed by atoms with Crippen LogP contribution in [-0.4, -0.2) is 11.0 Å². The van der Waals surface area contributed by atoms with E-state index in [0.717, 1.165) is 11.1 Å². The number of aryl methyl sites for hydroxylation is 3. The quantitative estimate of drug-likeness (QED) is 0.500. The molecule has 0 bridgehead atoms. The number of carbonyl (C=O) groups is 1. The Balaban J connectivity index is 1.85. The molecule has 0 fully saturated rings. The lowest BCUT2D eigenvalue weighted by molar-refractivity contribution is 0.102. The third-order valence-electron chi connectivity index (χ3n) is 4.26. The van der Waals surface area contributed by atoms with E-state index in [1.165, 1.54) is 0 Å². The Morgan fingerprint density at radius 1 is 0.964 bits per heavy atom. The molecule has 0 saturated heterocycles. The Morgan fingerprint density at radius 3 is 2.32 bits per heavy atom. The molecule has 0 aliphatic heterocycles. The van der Waals surface area contributed by atoms with Crippen molar-refractivity contribution in [1.29, 1.82) is 0 Å². The third-order valence-corrected chi connectivity index (χ3v) is 4.81. The Bertz CT molecular complexity index is 1050. The minimum atomic E-state index is -0.408. The average Bonchev–Trinajstić information content (AvgIpc) is 2.64. The number of hydrogen-bond acceptors (Lipinski definition) is 3. The molecule has 0 spiro atoms. The molecule has 28 heavy (non-hydrogen) atoms. The van der Waals surface area contributed by atoms with Crippen LogP contribution in [0.4, 0.5) is 5.69 Å². The van der Waals surface area contributed by atoms with Crippen molar-refractivity contribution >= 4 is 34.8 Å². The van der Waals surface area contributed by atoms with Crippen LogP contribution in [-0.2, 0) is 0 Å². The van der Waals surface area contributed by atoms with Crippen molar-refractivity contribution in [2.24, 2.45) is 0 Å². The predicted octanol–water partition coefficient (Wildman–Crippen LogP) is 6.67. The highest BCUT2D eigenvalue weighted by Gasteiger charge is 2.16. The first kappa shape index (κ1) is 20.1. The molecule has 1 amide bonds. The van der Waals surface area contributed by atoms with Crippen LogP contribution in [0.25, 0.3) is 0 Å². The molecular weight excluding hydrogens is 397 g/mol. The fourth-order valence-corrected chi connectivity index (χ4v) is 3.15. The van der Waals surface area contributed by atoms with Gasteiger partial charge in [0.1, 0.15) is 17.2 Å². The lowest BCUT2D eigenvalue weighted by atomic mass is 10.0. The molecule has 0 heterocycles. The standard InChI is InChI=1S/C22H19Cl2NO3/c1-12-8-14(3)21(26)17(9-12)22(27)25-19-11-18(24)20(10-13(19)2)28-16-6-4-15(23)5-7-16/h4-11,26H,1-3H3,(H,25,27). The van der Waals surface area contributed by atoms with Crippen LogP contribution in [0.15, 0.2) is 48.5 Å². The zero-order valence-electron chi connectivity index (χ0n) is 15.6. The van der Waals surface area contributed by atoms with E-state index in [-0.39, 0.29) is 11.3 Å². The highest BCUT2D eigenvalue weighted by atomic mass is 35.5. The number of anilines is 1. The van der Waals surface area contributed by atoms with Gasteiger partial charge in [-0.25, -0.2) is 0 Å². The number of amides is 1. The molecule has 144 valence electrons. The summed E-state index contributed by atoms with van der Waals surface area (Å²) < 4.78 is 5.80. The number of hydrogen-bond donors (Lipinski definition) is 2. The Labute approximate surface area is 173 Å². The largest absolute Gasteiger partial charge is 0.507 e. The highest BCUT2D eigenvalue weighted by Crippen LogP contribution is 2.35. The van der Waals surface area contributed by atoms with Crippen LogP contribution in [0.2, 0.25) is 10.0 Å². The van der Waals surface area contributed by atoms with Gasteiger partial charge < -0.3 is 15.2 Å². The Morgan fingerprint density at radius 2 is 1.64 bits per heavy atom. The molecule has 0 aromatic heterocycles. The first-order chi connectivity index (χ1) is 13.2. The molecule has 0 saturated carbocycles. The van der Waals surface area contributed by atoms with Crippen molar-refractivity contribution in [2.75, 3.05) is 5.32 Å². The van der Waals surface area contributed by atoms with E-state index in [0.29, 0.717) is 32.8 Å². The summed E-state index contributed by atoms with van der Waals surface area (Å²) in [5.41, 5.74) is 3.06. The summed E-state index contributed by atoms with van der Waals surface area (Å²) in [7, 11) is 0. The topological polar surface area (TPSA) is 58.6 Å². The van der Waals surface area contributed by atoms with Gasteiger partial charge >= 0.3 is 0 Å². The monoisotopic (exact) mass is 415 g/mol. The maximum absolute atomic E-state index is 12.7. The second-order valence-corrected chi connectivity index (χ2v) is 7.43. The lowest BCUT2D eigenvalue weighted by Crippen LogP contribution is -2.13. The summed E-state index contributed by atoms with van der Waals surface area (Å²) in [6.45, 7) is 5.46.